The van der Waals surface area contributed by atoms with Gasteiger partial charge in [-0.05, 0) is 6.42 Å². The second-order valence-corrected chi connectivity index (χ2v) is 3.90. The first-order valence-electron chi connectivity index (χ1n) is 5.63. The van der Waals surface area contributed by atoms with Crippen molar-refractivity contribution in [2.45, 2.75) is 13.3 Å². The Morgan fingerprint density at radius 1 is 1.00 bits per heavy atom. The molecule has 0 nitrogen and oxygen atoms in total. The minimum Gasteiger partial charge on any atom is -0.748 e. The summed E-state index contributed by atoms with van der Waals surface area (Å²) in [7, 11) is 0. The normalized spacial score (nSPS) is 13.0. The van der Waals surface area contributed by atoms with E-state index >= 15 is 0 Å². The molecule has 2 aromatic carbocycles. The predicted octanol–water partition coefficient (Wildman–Crippen LogP) is 4.54. The Hall–Kier alpha value is -1.11. The van der Waals surface area contributed by atoms with Crippen molar-refractivity contribution in [2.24, 2.45) is 0 Å². The van der Waals surface area contributed by atoms with E-state index in [4.69, 9.17) is 0 Å². The third-order valence-electron chi connectivity index (χ3n) is 2.73. The summed E-state index contributed by atoms with van der Waals surface area (Å²) < 4.78 is 0. The molecule has 0 unspecified atom stereocenters. The Kier molecular flexibility index (Phi) is 5.96. The van der Waals surface area contributed by atoms with Gasteiger partial charge in [0.25, 0.3) is 0 Å². The van der Waals surface area contributed by atoms with Crippen LogP contribution in [0.4, 0.5) is 0 Å². The quantitative estimate of drug-likeness (QED) is 0.519. The van der Waals surface area contributed by atoms with Crippen molar-refractivity contribution < 1.29 is 21.7 Å². The van der Waals surface area contributed by atoms with Crippen LogP contribution in [0.1, 0.15) is 18.9 Å². The first-order chi connectivity index (χ1) is 7.88. The smallest absolute Gasteiger partial charge is 0 e. The summed E-state index contributed by atoms with van der Waals surface area (Å²) in [6, 6.07) is 18.5. The van der Waals surface area contributed by atoms with E-state index in [9.17, 15) is 0 Å². The predicted molar refractivity (Wildman–Crippen MR) is 70.4 cm³/mol. The maximum atomic E-state index is 2.22. The van der Waals surface area contributed by atoms with Crippen LogP contribution in [-0.2, 0) is 21.7 Å². The molecule has 0 bridgehead atoms. The molecule has 0 heterocycles. The van der Waals surface area contributed by atoms with E-state index < -0.39 is 0 Å². The number of hydrogen-bond acceptors (Lipinski definition) is 0. The second kappa shape index (κ2) is 7.26. The molecule has 0 aliphatic heterocycles. The van der Waals surface area contributed by atoms with E-state index in [1.54, 1.807) is 0 Å². The number of rotatable bonds is 1. The summed E-state index contributed by atoms with van der Waals surface area (Å²) in [6.07, 6.45) is 5.52. The topological polar surface area (TPSA) is 0 Å². The molecule has 3 rings (SSSR count). The van der Waals surface area contributed by atoms with Gasteiger partial charge in [0.15, 0.2) is 0 Å². The molecule has 0 fully saturated rings. The second-order valence-electron chi connectivity index (χ2n) is 3.90. The van der Waals surface area contributed by atoms with Crippen LogP contribution in [-0.4, -0.2) is 0 Å². The van der Waals surface area contributed by atoms with Crippen molar-refractivity contribution in [3.63, 3.8) is 0 Å². The van der Waals surface area contributed by atoms with E-state index in [0.717, 1.165) is 6.42 Å². The minimum atomic E-state index is 0. The van der Waals surface area contributed by atoms with Crippen molar-refractivity contribution in [1.29, 1.82) is 0 Å². The molecule has 0 atom stereocenters. The molecule has 90 valence electrons. The van der Waals surface area contributed by atoms with E-state index in [1.165, 1.54) is 16.7 Å². The van der Waals surface area contributed by atoms with Crippen molar-refractivity contribution >= 4 is 5.57 Å². The average molecular weight is 256 g/mol. The molecule has 1 aliphatic rings. The molecule has 0 spiro atoms. The number of hydrogen-bond donors (Lipinski definition) is 0. The zero-order valence-electron chi connectivity index (χ0n) is 10.1. The molecule has 0 N–H and O–H groups in total. The monoisotopic (exact) mass is 256 g/mol. The van der Waals surface area contributed by atoms with E-state index in [1.807, 2.05) is 30.3 Å². The maximum absolute atomic E-state index is 2.22. The van der Waals surface area contributed by atoms with Crippen molar-refractivity contribution in [3.05, 3.63) is 77.9 Å². The molecule has 2 aromatic rings. The van der Waals surface area contributed by atoms with Crippen molar-refractivity contribution in [1.82, 2.24) is 0 Å². The first-order valence-corrected chi connectivity index (χ1v) is 5.63. The van der Waals surface area contributed by atoms with Crippen LogP contribution in [0.5, 0.6) is 0 Å². The fourth-order valence-electron chi connectivity index (χ4n) is 1.86. The fourth-order valence-corrected chi connectivity index (χ4v) is 1.86. The van der Waals surface area contributed by atoms with Gasteiger partial charge in [-0.15, -0.1) is 34.9 Å². The largest absolute Gasteiger partial charge is 0.748 e. The van der Waals surface area contributed by atoms with Gasteiger partial charge in [0.1, 0.15) is 0 Å². The Morgan fingerprint density at radius 3 is 1.94 bits per heavy atom. The van der Waals surface area contributed by atoms with Crippen LogP contribution >= 0.6 is 0 Å². The zero-order valence-corrected chi connectivity index (χ0v) is 11.6. The Balaban J connectivity index is 0.000000205. The van der Waals surface area contributed by atoms with Gasteiger partial charge in [0, 0.05) is 21.7 Å². The molecule has 0 amide bonds. The molecule has 0 saturated carbocycles. The summed E-state index contributed by atoms with van der Waals surface area (Å²) >= 11 is 0. The molecule has 1 heteroatoms. The van der Waals surface area contributed by atoms with Gasteiger partial charge < -0.3 is 30.3 Å². The van der Waals surface area contributed by atoms with Gasteiger partial charge in [-0.1, -0.05) is 13.0 Å². The van der Waals surface area contributed by atoms with E-state index in [0.29, 0.717) is 0 Å². The van der Waals surface area contributed by atoms with E-state index in [-0.39, 0.29) is 21.7 Å². The van der Waals surface area contributed by atoms with Crippen LogP contribution < -0.4 is 0 Å². The minimum absolute atomic E-state index is 0. The molecule has 0 radical (unpaired) electrons. The Labute approximate surface area is 118 Å². The molecular formula is C16H16Ti-6. The molecule has 0 aromatic heterocycles. The molecule has 1 aliphatic carbocycles. The van der Waals surface area contributed by atoms with Gasteiger partial charge in [-0.2, -0.15) is 12.1 Å². The summed E-state index contributed by atoms with van der Waals surface area (Å²) in [4.78, 5) is 0. The van der Waals surface area contributed by atoms with Crippen LogP contribution in [0.25, 0.3) is 5.57 Å². The van der Waals surface area contributed by atoms with Crippen molar-refractivity contribution in [2.75, 3.05) is 0 Å². The van der Waals surface area contributed by atoms with Gasteiger partial charge >= 0.3 is 0 Å². The third-order valence-corrected chi connectivity index (χ3v) is 2.73. The first kappa shape index (κ1) is 14.0. The summed E-state index contributed by atoms with van der Waals surface area (Å²) in [5.74, 6) is 0. The van der Waals surface area contributed by atoms with Crippen molar-refractivity contribution in [3.8, 4) is 0 Å². The summed E-state index contributed by atoms with van der Waals surface area (Å²) in [6.45, 7) is 2.17. The fraction of sp³-hybridized carbons (Fsp3) is 0.125. The van der Waals surface area contributed by atoms with Gasteiger partial charge in [0.05, 0.1) is 0 Å². The Morgan fingerprint density at radius 2 is 1.53 bits per heavy atom. The SMILES string of the molecule is CC1=C([c-]2cccc2)CC=C1.[Ti].[cH-]1[cH-][cH-][cH-][cH-]1. The van der Waals surface area contributed by atoms with Crippen LogP contribution in [0.2, 0.25) is 0 Å². The molecular weight excluding hydrogens is 240 g/mol. The summed E-state index contributed by atoms with van der Waals surface area (Å²) in [5.41, 5.74) is 4.28. The maximum Gasteiger partial charge on any atom is 0 e. The third kappa shape index (κ3) is 4.00. The Bertz CT molecular complexity index is 438. The van der Waals surface area contributed by atoms with Gasteiger partial charge in [0.2, 0.25) is 0 Å². The van der Waals surface area contributed by atoms with E-state index in [2.05, 4.69) is 43.3 Å². The molecule has 0 saturated heterocycles. The summed E-state index contributed by atoms with van der Waals surface area (Å²) in [5, 5.41) is 0. The number of allylic oxidation sites excluding steroid dienone is 4. The van der Waals surface area contributed by atoms with Gasteiger partial charge in [-0.25, -0.2) is 0 Å². The van der Waals surface area contributed by atoms with Crippen LogP contribution in [0.3, 0.4) is 0 Å². The average Bonchev–Trinajstić information content (AvgIpc) is 3.02. The standard InChI is InChI=1S/C11H11.C5H5.Ti/c1-9-5-4-8-11(9)10-6-2-3-7-10;1-2-4-5-3-1;/h2-7H,8H2,1H3;1-5H;/q-1;-5;. The van der Waals surface area contributed by atoms with Crippen LogP contribution in [0.15, 0.2) is 72.3 Å². The van der Waals surface area contributed by atoms with Gasteiger partial charge in [-0.3, -0.25) is 0 Å². The zero-order chi connectivity index (χ0) is 11.2. The molecule has 17 heavy (non-hydrogen) atoms. The van der Waals surface area contributed by atoms with Crippen LogP contribution in [0, 0.1) is 0 Å².